The molecule has 1 rings (SSSR count). The van der Waals surface area contributed by atoms with Crippen LogP contribution in [-0.2, 0) is 28.4 Å². The standard InChI is InChI=1S/C13H25NO6/c1-9-5-10(14)12(19-7-16-3)13(20-8-17-4)11(9)18-6-15-2/h5,10-13H,6-8,14H2,1-4H3/t10-,11-,12-,13-/m0/s1. The fourth-order valence-electron chi connectivity index (χ4n) is 2.19. The molecule has 0 saturated carbocycles. The van der Waals surface area contributed by atoms with Crippen LogP contribution in [0.4, 0.5) is 0 Å². The Hall–Kier alpha value is -0.540. The summed E-state index contributed by atoms with van der Waals surface area (Å²) in [6, 6.07) is -0.297. The summed E-state index contributed by atoms with van der Waals surface area (Å²) >= 11 is 0. The summed E-state index contributed by atoms with van der Waals surface area (Å²) in [4.78, 5) is 0. The van der Waals surface area contributed by atoms with E-state index in [2.05, 4.69) is 0 Å². The van der Waals surface area contributed by atoms with Crippen molar-refractivity contribution in [1.29, 1.82) is 0 Å². The van der Waals surface area contributed by atoms with Crippen molar-refractivity contribution in [3.05, 3.63) is 11.6 Å². The molecule has 0 bridgehead atoms. The minimum atomic E-state index is -0.389. The maximum atomic E-state index is 6.10. The molecule has 1 aliphatic carbocycles. The first-order valence-corrected chi connectivity index (χ1v) is 6.41. The highest BCUT2D eigenvalue weighted by Gasteiger charge is 2.40. The summed E-state index contributed by atoms with van der Waals surface area (Å²) in [6.07, 6.45) is 0.843. The lowest BCUT2D eigenvalue weighted by Gasteiger charge is -2.39. The Morgan fingerprint density at radius 1 is 0.900 bits per heavy atom. The fraction of sp³-hybridized carbons (Fsp3) is 0.846. The summed E-state index contributed by atoms with van der Waals surface area (Å²) in [6.45, 7) is 2.37. The number of rotatable bonds is 9. The van der Waals surface area contributed by atoms with Gasteiger partial charge in [-0.15, -0.1) is 0 Å². The lowest BCUT2D eigenvalue weighted by molar-refractivity contribution is -0.205. The van der Waals surface area contributed by atoms with E-state index in [0.29, 0.717) is 0 Å². The molecule has 0 unspecified atom stereocenters. The smallest absolute Gasteiger partial charge is 0.147 e. The van der Waals surface area contributed by atoms with Crippen molar-refractivity contribution < 1.29 is 28.4 Å². The molecule has 20 heavy (non-hydrogen) atoms. The van der Waals surface area contributed by atoms with Gasteiger partial charge in [0.2, 0.25) is 0 Å². The largest absolute Gasteiger partial charge is 0.359 e. The molecule has 0 saturated heterocycles. The quantitative estimate of drug-likeness (QED) is 0.481. The summed E-state index contributed by atoms with van der Waals surface area (Å²) in [5, 5.41) is 0. The van der Waals surface area contributed by atoms with Crippen molar-refractivity contribution in [2.24, 2.45) is 5.73 Å². The molecule has 0 fully saturated rings. The van der Waals surface area contributed by atoms with Crippen LogP contribution in [0.25, 0.3) is 0 Å². The van der Waals surface area contributed by atoms with Crippen molar-refractivity contribution in [1.82, 2.24) is 0 Å². The zero-order valence-electron chi connectivity index (χ0n) is 12.5. The van der Waals surface area contributed by atoms with Gasteiger partial charge in [-0.1, -0.05) is 6.08 Å². The first kappa shape index (κ1) is 17.5. The van der Waals surface area contributed by atoms with Crippen LogP contribution in [0.5, 0.6) is 0 Å². The van der Waals surface area contributed by atoms with Crippen molar-refractivity contribution >= 4 is 0 Å². The van der Waals surface area contributed by atoms with Crippen LogP contribution in [0.3, 0.4) is 0 Å². The molecule has 7 nitrogen and oxygen atoms in total. The van der Waals surface area contributed by atoms with Gasteiger partial charge in [-0.05, 0) is 12.5 Å². The van der Waals surface area contributed by atoms with Gasteiger partial charge in [0.05, 0.1) is 6.04 Å². The molecule has 1 aliphatic rings. The molecular weight excluding hydrogens is 266 g/mol. The van der Waals surface area contributed by atoms with Crippen molar-refractivity contribution in [2.75, 3.05) is 41.7 Å². The Morgan fingerprint density at radius 3 is 1.95 bits per heavy atom. The van der Waals surface area contributed by atoms with E-state index < -0.39 is 0 Å². The summed E-state index contributed by atoms with van der Waals surface area (Å²) in [7, 11) is 4.68. The van der Waals surface area contributed by atoms with Crippen LogP contribution >= 0.6 is 0 Å². The van der Waals surface area contributed by atoms with Gasteiger partial charge in [-0.25, -0.2) is 0 Å². The molecule has 0 spiro atoms. The van der Waals surface area contributed by atoms with E-state index in [0.717, 1.165) is 5.57 Å². The minimum Gasteiger partial charge on any atom is -0.359 e. The van der Waals surface area contributed by atoms with Gasteiger partial charge in [0, 0.05) is 21.3 Å². The van der Waals surface area contributed by atoms with Gasteiger partial charge >= 0.3 is 0 Å². The van der Waals surface area contributed by atoms with E-state index in [1.807, 2.05) is 13.0 Å². The van der Waals surface area contributed by atoms with Gasteiger partial charge in [0.1, 0.15) is 38.7 Å². The Bertz CT molecular complexity index is 299. The number of hydrogen-bond acceptors (Lipinski definition) is 7. The average Bonchev–Trinajstić information content (AvgIpc) is 2.43. The summed E-state index contributed by atoms with van der Waals surface area (Å²) in [5.41, 5.74) is 7.08. The average molecular weight is 291 g/mol. The van der Waals surface area contributed by atoms with Gasteiger partial charge in [-0.3, -0.25) is 0 Å². The van der Waals surface area contributed by atoms with E-state index in [1.54, 1.807) is 21.3 Å². The lowest BCUT2D eigenvalue weighted by Crippen LogP contribution is -2.55. The molecule has 0 heterocycles. The molecule has 7 heteroatoms. The highest BCUT2D eigenvalue weighted by molar-refractivity contribution is 5.20. The van der Waals surface area contributed by atoms with Crippen molar-refractivity contribution in [2.45, 2.75) is 31.3 Å². The highest BCUT2D eigenvalue weighted by atomic mass is 16.7. The van der Waals surface area contributed by atoms with Gasteiger partial charge in [0.15, 0.2) is 0 Å². The number of nitrogens with two attached hydrogens (primary N) is 1. The molecule has 0 aromatic heterocycles. The van der Waals surface area contributed by atoms with E-state index >= 15 is 0 Å². The van der Waals surface area contributed by atoms with Gasteiger partial charge in [-0.2, -0.15) is 0 Å². The lowest BCUT2D eigenvalue weighted by atomic mass is 9.89. The fourth-order valence-corrected chi connectivity index (χ4v) is 2.19. The molecule has 118 valence electrons. The summed E-state index contributed by atoms with van der Waals surface area (Å²) in [5.74, 6) is 0. The Balaban J connectivity index is 2.83. The van der Waals surface area contributed by atoms with Crippen LogP contribution in [0.2, 0.25) is 0 Å². The Labute approximate surface area is 119 Å². The molecule has 0 radical (unpaired) electrons. The first-order valence-electron chi connectivity index (χ1n) is 6.41. The van der Waals surface area contributed by atoms with Crippen LogP contribution in [0.15, 0.2) is 11.6 Å². The molecule has 0 amide bonds. The molecule has 0 aliphatic heterocycles. The SMILES string of the molecule is COCO[C@@H]1[C@@H](OCOC)[C@@H](OCOC)C(C)=C[C@@H]1N. The molecule has 4 atom stereocenters. The minimum absolute atomic E-state index is 0.129. The predicted octanol–water partition coefficient (Wildman–Crippen LogP) is 0.241. The number of methoxy groups -OCH3 is 3. The van der Waals surface area contributed by atoms with Gasteiger partial charge in [0.25, 0.3) is 0 Å². The zero-order chi connectivity index (χ0) is 15.0. The molecular formula is C13H25NO6. The predicted molar refractivity (Wildman–Crippen MR) is 72.0 cm³/mol. The monoisotopic (exact) mass is 291 g/mol. The Morgan fingerprint density at radius 2 is 1.40 bits per heavy atom. The van der Waals surface area contributed by atoms with Gasteiger partial charge < -0.3 is 34.2 Å². The van der Waals surface area contributed by atoms with Crippen molar-refractivity contribution in [3.8, 4) is 0 Å². The zero-order valence-corrected chi connectivity index (χ0v) is 12.5. The second kappa shape index (κ2) is 9.41. The second-order valence-electron chi connectivity index (χ2n) is 4.56. The van der Waals surface area contributed by atoms with E-state index in [-0.39, 0.29) is 44.7 Å². The maximum Gasteiger partial charge on any atom is 0.147 e. The van der Waals surface area contributed by atoms with Crippen LogP contribution in [0.1, 0.15) is 6.92 Å². The molecule has 0 aromatic carbocycles. The normalized spacial score (nSPS) is 30.4. The third-order valence-corrected chi connectivity index (χ3v) is 3.03. The molecule has 2 N–H and O–H groups in total. The maximum absolute atomic E-state index is 6.10. The van der Waals surface area contributed by atoms with Crippen molar-refractivity contribution in [3.63, 3.8) is 0 Å². The van der Waals surface area contributed by atoms with E-state index in [4.69, 9.17) is 34.2 Å². The number of hydrogen-bond donors (Lipinski definition) is 1. The third kappa shape index (κ3) is 4.78. The first-order chi connectivity index (χ1) is 9.65. The topological polar surface area (TPSA) is 81.4 Å². The van der Waals surface area contributed by atoms with E-state index in [1.165, 1.54) is 0 Å². The second-order valence-corrected chi connectivity index (χ2v) is 4.56. The molecule has 0 aromatic rings. The highest BCUT2D eigenvalue weighted by Crippen LogP contribution is 2.26. The van der Waals surface area contributed by atoms with Crippen LogP contribution in [-0.4, -0.2) is 66.1 Å². The van der Waals surface area contributed by atoms with Crippen LogP contribution < -0.4 is 5.73 Å². The third-order valence-electron chi connectivity index (χ3n) is 3.03. The Kier molecular flexibility index (Phi) is 8.24. The number of ether oxygens (including phenoxy) is 6. The van der Waals surface area contributed by atoms with Crippen LogP contribution in [0, 0.1) is 0 Å². The van der Waals surface area contributed by atoms with E-state index in [9.17, 15) is 0 Å². The summed E-state index contributed by atoms with van der Waals surface area (Å²) < 4.78 is 31.8.